The van der Waals surface area contributed by atoms with Crippen LogP contribution in [0.4, 0.5) is 0 Å². The van der Waals surface area contributed by atoms with Gasteiger partial charge in [-0.25, -0.2) is 5.14 Å². The molecule has 3 aliphatic rings. The highest BCUT2D eigenvalue weighted by Gasteiger charge is 2.58. The molecule has 8 heteroatoms. The van der Waals surface area contributed by atoms with Crippen molar-refractivity contribution in [3.8, 4) is 11.5 Å². The van der Waals surface area contributed by atoms with Crippen molar-refractivity contribution < 1.29 is 12.9 Å². The van der Waals surface area contributed by atoms with E-state index in [-0.39, 0.29) is 11.3 Å². The molecule has 2 aromatic rings. The van der Waals surface area contributed by atoms with Crippen molar-refractivity contribution in [3.05, 3.63) is 35.2 Å². The van der Waals surface area contributed by atoms with Crippen LogP contribution in [0.2, 0.25) is 0 Å². The van der Waals surface area contributed by atoms with Crippen LogP contribution in [0.15, 0.2) is 22.7 Å². The molecule has 1 saturated heterocycles. The highest BCUT2D eigenvalue weighted by atomic mass is 32.2. The van der Waals surface area contributed by atoms with E-state index < -0.39 is 10.2 Å². The van der Waals surface area contributed by atoms with Gasteiger partial charge in [0.2, 0.25) is 0 Å². The van der Waals surface area contributed by atoms with Crippen molar-refractivity contribution in [2.45, 2.75) is 50.9 Å². The van der Waals surface area contributed by atoms with E-state index in [0.29, 0.717) is 19.0 Å². The van der Waals surface area contributed by atoms with Crippen LogP contribution in [0.5, 0.6) is 0 Å². The minimum absolute atomic E-state index is 0.109. The average molecular weight is 388 g/mol. The highest BCUT2D eigenvalue weighted by molar-refractivity contribution is 7.86. The molecule has 0 bridgehead atoms. The number of aromatic nitrogens is 2. The van der Waals surface area contributed by atoms with Gasteiger partial charge in [-0.05, 0) is 73.6 Å². The molecule has 0 amide bonds. The number of nitrogens with zero attached hydrogens (tertiary/aromatic N) is 3. The van der Waals surface area contributed by atoms with E-state index in [1.807, 2.05) is 0 Å². The van der Waals surface area contributed by atoms with Crippen LogP contribution in [0.1, 0.15) is 55.0 Å². The predicted molar refractivity (Wildman–Crippen MR) is 100 cm³/mol. The summed E-state index contributed by atoms with van der Waals surface area (Å²) in [5.41, 5.74) is 3.94. The predicted octanol–water partition coefficient (Wildman–Crippen LogP) is 2.39. The Labute approximate surface area is 159 Å². The molecule has 1 atom stereocenters. The zero-order valence-corrected chi connectivity index (χ0v) is 16.0. The molecule has 1 aliphatic heterocycles. The minimum Gasteiger partial charge on any atom is -0.334 e. The maximum Gasteiger partial charge on any atom is 0.276 e. The summed E-state index contributed by atoms with van der Waals surface area (Å²) < 4.78 is 29.9. The topological polar surface area (TPSA) is 102 Å². The van der Waals surface area contributed by atoms with Crippen molar-refractivity contribution in [3.63, 3.8) is 0 Å². The third-order valence-electron chi connectivity index (χ3n) is 6.62. The molecule has 1 aromatic heterocycles. The molecule has 1 spiro atoms. The largest absolute Gasteiger partial charge is 0.334 e. The van der Waals surface area contributed by atoms with Crippen LogP contribution in [0.25, 0.3) is 11.5 Å². The fourth-order valence-corrected chi connectivity index (χ4v) is 5.50. The lowest BCUT2D eigenvalue weighted by Gasteiger charge is -2.30. The van der Waals surface area contributed by atoms with Gasteiger partial charge in [0.25, 0.3) is 16.1 Å². The molecule has 7 nitrogen and oxygen atoms in total. The first kappa shape index (κ1) is 17.3. The maximum absolute atomic E-state index is 11.5. The SMILES string of the molecule is NS(=O)(=O)N1CCC2(CC1)C[C@H]2c1noc(-c2ccc3c(c2)CCCC3)n1. The summed E-state index contributed by atoms with van der Waals surface area (Å²) in [6.45, 7) is 0.954. The van der Waals surface area contributed by atoms with Crippen molar-refractivity contribution in [2.24, 2.45) is 10.6 Å². The van der Waals surface area contributed by atoms with E-state index in [1.165, 1.54) is 28.3 Å². The van der Waals surface area contributed by atoms with Crippen LogP contribution in [-0.2, 0) is 23.1 Å². The van der Waals surface area contributed by atoms with Crippen LogP contribution in [0.3, 0.4) is 0 Å². The Kier molecular flexibility index (Phi) is 3.93. The molecule has 1 aromatic carbocycles. The summed E-state index contributed by atoms with van der Waals surface area (Å²) >= 11 is 0. The van der Waals surface area contributed by atoms with Gasteiger partial charge in [-0.1, -0.05) is 11.2 Å². The van der Waals surface area contributed by atoms with Crippen LogP contribution < -0.4 is 5.14 Å². The minimum atomic E-state index is -3.59. The molecule has 5 rings (SSSR count). The Hall–Kier alpha value is -1.77. The number of hydrogen-bond donors (Lipinski definition) is 1. The summed E-state index contributed by atoms with van der Waals surface area (Å²) in [6, 6.07) is 6.46. The van der Waals surface area contributed by atoms with Crippen LogP contribution >= 0.6 is 0 Å². The Morgan fingerprint density at radius 1 is 1.15 bits per heavy atom. The Morgan fingerprint density at radius 2 is 1.89 bits per heavy atom. The number of nitrogens with two attached hydrogens (primary N) is 1. The summed E-state index contributed by atoms with van der Waals surface area (Å²) in [7, 11) is -3.59. The molecule has 27 heavy (non-hydrogen) atoms. The molecule has 144 valence electrons. The highest BCUT2D eigenvalue weighted by Crippen LogP contribution is 2.64. The second-order valence-corrected chi connectivity index (χ2v) is 9.76. The second-order valence-electron chi connectivity index (χ2n) is 8.21. The van der Waals surface area contributed by atoms with E-state index in [0.717, 1.165) is 43.5 Å². The first-order chi connectivity index (χ1) is 12.9. The zero-order valence-electron chi connectivity index (χ0n) is 15.2. The standard InChI is InChI=1S/C19H24N4O3S/c20-27(24,25)23-9-7-19(8-10-23)12-16(19)17-21-18(26-22-17)15-6-5-13-3-1-2-4-14(13)11-15/h5-6,11,16H,1-4,7-10,12H2,(H2,20,24,25)/t16-/m0/s1. The van der Waals surface area contributed by atoms with Gasteiger partial charge in [0.1, 0.15) is 0 Å². The van der Waals surface area contributed by atoms with E-state index >= 15 is 0 Å². The summed E-state index contributed by atoms with van der Waals surface area (Å²) in [5, 5.41) is 9.48. The van der Waals surface area contributed by atoms with Gasteiger partial charge in [-0.2, -0.15) is 17.7 Å². The lowest BCUT2D eigenvalue weighted by Crippen LogP contribution is -2.43. The number of aryl methyl sites for hydroxylation is 2. The van der Waals surface area contributed by atoms with E-state index in [1.54, 1.807) is 0 Å². The number of piperidine rings is 1. The lowest BCUT2D eigenvalue weighted by atomic mass is 9.90. The number of hydrogen-bond acceptors (Lipinski definition) is 5. The van der Waals surface area contributed by atoms with Gasteiger partial charge >= 0.3 is 0 Å². The van der Waals surface area contributed by atoms with Crippen molar-refractivity contribution in [1.82, 2.24) is 14.4 Å². The fourth-order valence-electron chi connectivity index (χ4n) is 4.81. The second kappa shape index (κ2) is 6.12. The van der Waals surface area contributed by atoms with Gasteiger partial charge in [-0.3, -0.25) is 0 Å². The number of rotatable bonds is 3. The fraction of sp³-hybridized carbons (Fsp3) is 0.579. The first-order valence-electron chi connectivity index (χ1n) is 9.68. The molecule has 0 radical (unpaired) electrons. The van der Waals surface area contributed by atoms with Crippen LogP contribution in [-0.4, -0.2) is 36.0 Å². The zero-order chi connectivity index (χ0) is 18.6. The summed E-state index contributed by atoms with van der Waals surface area (Å²) in [4.78, 5) is 4.67. The van der Waals surface area contributed by atoms with Crippen molar-refractivity contribution in [2.75, 3.05) is 13.1 Å². The van der Waals surface area contributed by atoms with Gasteiger partial charge in [0.05, 0.1) is 0 Å². The van der Waals surface area contributed by atoms with Crippen molar-refractivity contribution in [1.29, 1.82) is 0 Å². The third kappa shape index (κ3) is 3.09. The molecular formula is C19H24N4O3S. The van der Waals surface area contributed by atoms with Gasteiger partial charge < -0.3 is 4.52 Å². The van der Waals surface area contributed by atoms with Crippen molar-refractivity contribution >= 4 is 10.2 Å². The average Bonchev–Trinajstić information content (AvgIpc) is 3.13. The first-order valence-corrected chi connectivity index (χ1v) is 11.2. The molecule has 2 N–H and O–H groups in total. The Balaban J connectivity index is 1.31. The monoisotopic (exact) mass is 388 g/mol. The smallest absolute Gasteiger partial charge is 0.276 e. The number of benzene rings is 1. The molecule has 0 unspecified atom stereocenters. The molecule has 2 aliphatic carbocycles. The number of fused-ring (bicyclic) bond motifs is 1. The molecular weight excluding hydrogens is 364 g/mol. The van der Waals surface area contributed by atoms with Crippen LogP contribution in [0, 0.1) is 5.41 Å². The molecule has 2 fully saturated rings. The van der Waals surface area contributed by atoms with E-state index in [9.17, 15) is 8.42 Å². The normalized spacial score (nSPS) is 24.7. The van der Waals surface area contributed by atoms with E-state index in [2.05, 4.69) is 28.3 Å². The van der Waals surface area contributed by atoms with Gasteiger partial charge in [0, 0.05) is 24.6 Å². The quantitative estimate of drug-likeness (QED) is 0.870. The Morgan fingerprint density at radius 3 is 2.63 bits per heavy atom. The maximum atomic E-state index is 11.5. The molecule has 2 heterocycles. The lowest BCUT2D eigenvalue weighted by molar-refractivity contribution is 0.249. The Bertz CT molecular complexity index is 977. The summed E-state index contributed by atoms with van der Waals surface area (Å²) in [5.74, 6) is 1.60. The molecule has 1 saturated carbocycles. The van der Waals surface area contributed by atoms with Gasteiger partial charge in [-0.15, -0.1) is 0 Å². The summed E-state index contributed by atoms with van der Waals surface area (Å²) in [6.07, 6.45) is 7.39. The third-order valence-corrected chi connectivity index (χ3v) is 7.70. The van der Waals surface area contributed by atoms with Gasteiger partial charge in [0.15, 0.2) is 5.82 Å². The van der Waals surface area contributed by atoms with E-state index in [4.69, 9.17) is 9.66 Å².